The summed E-state index contributed by atoms with van der Waals surface area (Å²) in [6.45, 7) is 2.45. The van der Waals surface area contributed by atoms with Crippen LogP contribution in [-0.4, -0.2) is 25.4 Å². The first kappa shape index (κ1) is 23.6. The Kier molecular flexibility index (Phi) is 8.21. The van der Waals surface area contributed by atoms with Gasteiger partial charge in [0.25, 0.3) is 0 Å². The van der Waals surface area contributed by atoms with Gasteiger partial charge in [-0.15, -0.1) is 0 Å². The Morgan fingerprint density at radius 2 is 2.00 bits per heavy atom. The third-order valence-corrected chi connectivity index (χ3v) is 4.87. The lowest BCUT2D eigenvalue weighted by Crippen LogP contribution is -2.43. The van der Waals surface area contributed by atoms with Gasteiger partial charge < -0.3 is 15.0 Å². The number of halogens is 5. The maximum Gasteiger partial charge on any atom is 0.416 e. The van der Waals surface area contributed by atoms with Crippen molar-refractivity contribution >= 4 is 23.6 Å². The number of nitrogens with zero attached hydrogens (tertiary/aromatic N) is 2. The molecule has 2 aromatic rings. The van der Waals surface area contributed by atoms with Crippen LogP contribution in [0.25, 0.3) is 0 Å². The highest BCUT2D eigenvalue weighted by Gasteiger charge is 2.34. The van der Waals surface area contributed by atoms with Crippen LogP contribution in [0.1, 0.15) is 30.0 Å². The van der Waals surface area contributed by atoms with E-state index in [4.69, 9.17) is 16.9 Å². The fraction of sp³-hybridized carbons (Fsp3) is 0.333. The SMILES string of the molecule is CCNC[C@H](CC=O)N(Cc1cc(F)ccc1C(F)(F)F)c1ccc(C#N)c(Cl)c1. The van der Waals surface area contributed by atoms with Crippen molar-refractivity contribution in [2.45, 2.75) is 32.1 Å². The van der Waals surface area contributed by atoms with Gasteiger partial charge in [-0.2, -0.15) is 18.4 Å². The largest absolute Gasteiger partial charge is 0.416 e. The average Bonchev–Trinajstić information content (AvgIpc) is 2.68. The maximum absolute atomic E-state index is 13.8. The molecule has 160 valence electrons. The first-order chi connectivity index (χ1) is 14.2. The summed E-state index contributed by atoms with van der Waals surface area (Å²) in [6, 6.07) is 8.15. The fourth-order valence-corrected chi connectivity index (χ4v) is 3.32. The summed E-state index contributed by atoms with van der Waals surface area (Å²) < 4.78 is 54.2. The predicted octanol–water partition coefficient (Wildman–Crippen LogP) is 4.94. The molecular formula is C21H20ClF4N3O. The Labute approximate surface area is 177 Å². The number of nitriles is 1. The van der Waals surface area contributed by atoms with Gasteiger partial charge in [-0.05, 0) is 48.5 Å². The number of hydrogen-bond donors (Lipinski definition) is 1. The van der Waals surface area contributed by atoms with Crippen LogP contribution in [0.5, 0.6) is 0 Å². The number of aldehydes is 1. The van der Waals surface area contributed by atoms with E-state index >= 15 is 0 Å². The lowest BCUT2D eigenvalue weighted by Gasteiger charge is -2.34. The van der Waals surface area contributed by atoms with Crippen molar-refractivity contribution in [1.29, 1.82) is 5.26 Å². The summed E-state index contributed by atoms with van der Waals surface area (Å²) in [7, 11) is 0. The van der Waals surface area contributed by atoms with Gasteiger partial charge in [0.2, 0.25) is 0 Å². The standard InChI is InChI=1S/C21H20ClF4N3O/c1-2-28-12-18(7-8-30)29(17-5-3-14(11-27)20(22)10-17)13-15-9-16(23)4-6-19(15)21(24,25)26/h3-6,8-10,18,28H,2,7,12-13H2,1H3/t18-/m0/s1. The van der Waals surface area contributed by atoms with Gasteiger partial charge in [0.1, 0.15) is 18.2 Å². The van der Waals surface area contributed by atoms with E-state index in [-0.39, 0.29) is 29.1 Å². The van der Waals surface area contributed by atoms with Gasteiger partial charge in [-0.3, -0.25) is 0 Å². The zero-order valence-electron chi connectivity index (χ0n) is 16.1. The normalized spacial score (nSPS) is 12.3. The summed E-state index contributed by atoms with van der Waals surface area (Å²) in [5.41, 5.74) is -0.598. The number of benzene rings is 2. The Morgan fingerprint density at radius 3 is 2.57 bits per heavy atom. The monoisotopic (exact) mass is 441 g/mol. The summed E-state index contributed by atoms with van der Waals surface area (Å²) in [4.78, 5) is 12.8. The number of alkyl halides is 3. The molecule has 4 nitrogen and oxygen atoms in total. The second-order valence-corrected chi connectivity index (χ2v) is 6.97. The number of hydrogen-bond acceptors (Lipinski definition) is 4. The molecule has 0 aliphatic heterocycles. The first-order valence-corrected chi connectivity index (χ1v) is 9.55. The Morgan fingerprint density at radius 1 is 1.27 bits per heavy atom. The molecule has 0 bridgehead atoms. The molecule has 0 aliphatic carbocycles. The highest BCUT2D eigenvalue weighted by atomic mass is 35.5. The van der Waals surface area contributed by atoms with Crippen LogP contribution in [0.15, 0.2) is 36.4 Å². The number of anilines is 1. The number of carbonyl (C=O) groups is 1. The quantitative estimate of drug-likeness (QED) is 0.442. The Hall–Kier alpha value is -2.63. The molecule has 0 fully saturated rings. The fourth-order valence-electron chi connectivity index (χ4n) is 3.10. The molecule has 0 saturated carbocycles. The molecule has 0 saturated heterocycles. The van der Waals surface area contributed by atoms with Crippen LogP contribution in [-0.2, 0) is 17.5 Å². The van der Waals surface area contributed by atoms with Crippen molar-refractivity contribution in [2.75, 3.05) is 18.0 Å². The highest BCUT2D eigenvalue weighted by Crippen LogP contribution is 2.34. The van der Waals surface area contributed by atoms with E-state index in [1.54, 1.807) is 11.0 Å². The van der Waals surface area contributed by atoms with Crippen molar-refractivity contribution in [2.24, 2.45) is 0 Å². The molecule has 0 spiro atoms. The first-order valence-electron chi connectivity index (χ1n) is 9.17. The van der Waals surface area contributed by atoms with Crippen LogP contribution in [0, 0.1) is 17.1 Å². The molecule has 0 aliphatic rings. The Balaban J connectivity index is 2.56. The second kappa shape index (κ2) is 10.4. The van der Waals surface area contributed by atoms with Crippen molar-refractivity contribution < 1.29 is 22.4 Å². The number of carbonyl (C=O) groups excluding carboxylic acids is 1. The minimum absolute atomic E-state index is 0.0291. The van der Waals surface area contributed by atoms with Crippen LogP contribution >= 0.6 is 11.6 Å². The molecule has 1 atom stereocenters. The molecule has 2 rings (SSSR count). The zero-order valence-corrected chi connectivity index (χ0v) is 16.9. The topological polar surface area (TPSA) is 56.1 Å². The summed E-state index contributed by atoms with van der Waals surface area (Å²) in [6.07, 6.45) is -3.96. The van der Waals surface area contributed by atoms with Crippen molar-refractivity contribution in [3.63, 3.8) is 0 Å². The third-order valence-electron chi connectivity index (χ3n) is 4.56. The van der Waals surface area contributed by atoms with Crippen LogP contribution in [0.3, 0.4) is 0 Å². The molecule has 9 heteroatoms. The molecular weight excluding hydrogens is 422 g/mol. The molecule has 0 heterocycles. The Bertz CT molecular complexity index is 927. The molecule has 1 N–H and O–H groups in total. The van der Waals surface area contributed by atoms with E-state index in [2.05, 4.69) is 5.32 Å². The van der Waals surface area contributed by atoms with Crippen molar-refractivity contribution in [1.82, 2.24) is 5.32 Å². The summed E-state index contributed by atoms with van der Waals surface area (Å²) in [5.74, 6) is -0.797. The lowest BCUT2D eigenvalue weighted by atomic mass is 10.0. The van der Waals surface area contributed by atoms with Crippen LogP contribution < -0.4 is 10.2 Å². The van der Waals surface area contributed by atoms with E-state index < -0.39 is 23.6 Å². The third kappa shape index (κ3) is 5.94. The maximum atomic E-state index is 13.8. The van der Waals surface area contributed by atoms with Gasteiger partial charge in [0.15, 0.2) is 0 Å². The molecule has 0 aromatic heterocycles. The zero-order chi connectivity index (χ0) is 22.3. The molecule has 0 amide bonds. The smallest absolute Gasteiger partial charge is 0.362 e. The van der Waals surface area contributed by atoms with E-state index in [1.165, 1.54) is 12.1 Å². The molecule has 0 unspecified atom stereocenters. The van der Waals surface area contributed by atoms with Gasteiger partial charge in [-0.25, -0.2) is 4.39 Å². The van der Waals surface area contributed by atoms with Crippen LogP contribution in [0.2, 0.25) is 5.02 Å². The van der Waals surface area contributed by atoms with E-state index in [0.29, 0.717) is 31.1 Å². The number of nitrogens with one attached hydrogen (secondary N) is 1. The molecule has 30 heavy (non-hydrogen) atoms. The van der Waals surface area contributed by atoms with Crippen molar-refractivity contribution in [3.05, 3.63) is 63.9 Å². The number of likely N-dealkylation sites (N-methyl/N-ethyl adjacent to an activating group) is 1. The van der Waals surface area contributed by atoms with Gasteiger partial charge >= 0.3 is 6.18 Å². The predicted molar refractivity (Wildman–Crippen MR) is 107 cm³/mol. The minimum atomic E-state index is -4.67. The van der Waals surface area contributed by atoms with E-state index in [1.807, 2.05) is 13.0 Å². The average molecular weight is 442 g/mol. The molecule has 2 aromatic carbocycles. The highest BCUT2D eigenvalue weighted by molar-refractivity contribution is 6.32. The second-order valence-electron chi connectivity index (χ2n) is 6.57. The van der Waals surface area contributed by atoms with Gasteiger partial charge in [-0.1, -0.05) is 18.5 Å². The van der Waals surface area contributed by atoms with Gasteiger partial charge in [0.05, 0.1) is 16.1 Å². The van der Waals surface area contributed by atoms with Crippen LogP contribution in [0.4, 0.5) is 23.2 Å². The van der Waals surface area contributed by atoms with Crippen molar-refractivity contribution in [3.8, 4) is 6.07 Å². The molecule has 0 radical (unpaired) electrons. The summed E-state index contributed by atoms with van der Waals surface area (Å²) in [5, 5.41) is 12.3. The minimum Gasteiger partial charge on any atom is -0.362 e. The van der Waals surface area contributed by atoms with E-state index in [9.17, 15) is 22.4 Å². The number of rotatable bonds is 9. The van der Waals surface area contributed by atoms with E-state index in [0.717, 1.165) is 12.1 Å². The lowest BCUT2D eigenvalue weighted by molar-refractivity contribution is -0.138. The van der Waals surface area contributed by atoms with Gasteiger partial charge in [0, 0.05) is 31.2 Å². The summed E-state index contributed by atoms with van der Waals surface area (Å²) >= 11 is 6.12.